The van der Waals surface area contributed by atoms with Gasteiger partial charge in [-0.1, -0.05) is 30.3 Å². The molecule has 0 bridgehead atoms. The van der Waals surface area contributed by atoms with Crippen LogP contribution in [0.1, 0.15) is 21.5 Å². The van der Waals surface area contributed by atoms with E-state index in [0.717, 1.165) is 29.9 Å². The van der Waals surface area contributed by atoms with Crippen LogP contribution in [0.5, 0.6) is 0 Å². The molecule has 0 atom stereocenters. The Balaban J connectivity index is 1.67. The van der Waals surface area contributed by atoms with Crippen molar-refractivity contribution in [3.8, 4) is 0 Å². The van der Waals surface area contributed by atoms with E-state index in [1.807, 2.05) is 18.2 Å². The number of benzene rings is 2. The summed E-state index contributed by atoms with van der Waals surface area (Å²) < 4.78 is 35.1. The molecule has 1 aliphatic rings. The summed E-state index contributed by atoms with van der Waals surface area (Å²) in [6.45, 7) is 3.73. The molecule has 0 saturated carbocycles. The van der Waals surface area contributed by atoms with Gasteiger partial charge in [0.25, 0.3) is 0 Å². The molecule has 0 aromatic heterocycles. The molecule has 0 amide bonds. The lowest BCUT2D eigenvalue weighted by molar-refractivity contribution is 0.0600. The molecular formula is C21H26N2O5S. The molecule has 2 aromatic carbocycles. The van der Waals surface area contributed by atoms with E-state index in [2.05, 4.69) is 15.7 Å². The van der Waals surface area contributed by atoms with Crippen LogP contribution in [-0.4, -0.2) is 58.7 Å². The number of morpholine rings is 1. The highest BCUT2D eigenvalue weighted by Gasteiger charge is 2.16. The van der Waals surface area contributed by atoms with Crippen LogP contribution in [0.15, 0.2) is 48.5 Å². The van der Waals surface area contributed by atoms with E-state index in [9.17, 15) is 13.2 Å². The molecular weight excluding hydrogens is 392 g/mol. The minimum absolute atomic E-state index is 0.264. The molecule has 2 aromatic rings. The van der Waals surface area contributed by atoms with E-state index in [1.165, 1.54) is 11.4 Å². The monoisotopic (exact) mass is 418 g/mol. The lowest BCUT2D eigenvalue weighted by atomic mass is 10.1. The summed E-state index contributed by atoms with van der Waals surface area (Å²) in [6, 6.07) is 14.9. The summed E-state index contributed by atoms with van der Waals surface area (Å²) in [4.78, 5) is 13.8. The number of carbonyl (C=O) groups excluding carboxylic acids is 1. The number of rotatable bonds is 8. The van der Waals surface area contributed by atoms with Crippen molar-refractivity contribution in [1.82, 2.24) is 4.31 Å². The molecule has 1 heterocycles. The van der Waals surface area contributed by atoms with E-state index >= 15 is 0 Å². The number of esters is 1. The fourth-order valence-corrected chi connectivity index (χ4v) is 3.92. The van der Waals surface area contributed by atoms with Gasteiger partial charge >= 0.3 is 5.97 Å². The molecule has 8 heteroatoms. The Bertz CT molecular complexity index is 884. The maximum Gasteiger partial charge on any atom is 0.337 e. The quantitative estimate of drug-likeness (QED) is 0.521. The molecule has 29 heavy (non-hydrogen) atoms. The number of ether oxygens (including phenoxy) is 2. The van der Waals surface area contributed by atoms with Crippen LogP contribution in [0.3, 0.4) is 0 Å². The van der Waals surface area contributed by atoms with Crippen LogP contribution in [0.4, 0.5) is 5.69 Å². The van der Waals surface area contributed by atoms with Crippen molar-refractivity contribution in [2.24, 2.45) is 0 Å². The van der Waals surface area contributed by atoms with Gasteiger partial charge in [-0.2, -0.15) is 4.31 Å². The molecule has 3 rings (SSSR count). The van der Waals surface area contributed by atoms with Crippen molar-refractivity contribution in [2.45, 2.75) is 13.0 Å². The first-order valence-electron chi connectivity index (χ1n) is 9.55. The number of nitrogens with zero attached hydrogens (tertiary/aromatic N) is 2. The van der Waals surface area contributed by atoms with Crippen molar-refractivity contribution in [3.05, 3.63) is 65.2 Å². The van der Waals surface area contributed by atoms with Gasteiger partial charge in [0.05, 0.1) is 25.9 Å². The Labute approximate surface area is 172 Å². The Morgan fingerprint density at radius 2 is 1.79 bits per heavy atom. The molecule has 0 aliphatic carbocycles. The van der Waals surface area contributed by atoms with Gasteiger partial charge in [-0.25, -0.2) is 13.2 Å². The average molecular weight is 419 g/mol. The van der Waals surface area contributed by atoms with Crippen LogP contribution >= 0.6 is 0 Å². The van der Waals surface area contributed by atoms with Gasteiger partial charge in [0, 0.05) is 31.9 Å². The van der Waals surface area contributed by atoms with E-state index in [0.29, 0.717) is 31.7 Å². The number of carbonyl (C=O) groups is 1. The van der Waals surface area contributed by atoms with Crippen molar-refractivity contribution >= 4 is 22.5 Å². The van der Waals surface area contributed by atoms with Crippen molar-refractivity contribution in [2.75, 3.05) is 44.9 Å². The average Bonchev–Trinajstić information content (AvgIpc) is 2.77. The molecule has 0 N–H and O–H groups in total. The maximum atomic E-state index is 11.8. The van der Waals surface area contributed by atoms with Gasteiger partial charge in [-0.3, -0.25) is 0 Å². The number of anilines is 1. The van der Waals surface area contributed by atoms with Crippen LogP contribution in [0.25, 0.3) is 0 Å². The van der Waals surface area contributed by atoms with Gasteiger partial charge in [-0.15, -0.1) is 0 Å². The second-order valence-electron chi connectivity index (χ2n) is 6.79. The van der Waals surface area contributed by atoms with Crippen molar-refractivity contribution < 1.29 is 22.7 Å². The number of hydrogen-bond donors (Lipinski definition) is 1. The summed E-state index contributed by atoms with van der Waals surface area (Å²) in [5.74, 6) is -0.414. The summed E-state index contributed by atoms with van der Waals surface area (Å²) in [5, 5.41) is 0. The molecule has 7 nitrogen and oxygen atoms in total. The Morgan fingerprint density at radius 3 is 2.45 bits per heavy atom. The molecule has 0 spiro atoms. The third-order valence-electron chi connectivity index (χ3n) is 4.95. The lowest BCUT2D eigenvalue weighted by Crippen LogP contribution is -2.37. The molecule has 1 saturated heterocycles. The highest BCUT2D eigenvalue weighted by molar-refractivity contribution is 7.69. The minimum Gasteiger partial charge on any atom is -0.465 e. The zero-order valence-corrected chi connectivity index (χ0v) is 17.3. The standard InChI is InChI=1S/C21H26N2O5S/c1-27-21(24)19-8-6-17(7-9-19)16-23(29(25)26)11-10-18-4-2-3-5-20(18)22-12-14-28-15-13-22/h2-9,29H,10-16H2,1H3. The first-order chi connectivity index (χ1) is 14.1. The third-order valence-corrected chi connectivity index (χ3v) is 5.76. The fourth-order valence-electron chi connectivity index (χ4n) is 3.38. The molecule has 0 radical (unpaired) electrons. The Hall–Kier alpha value is -2.42. The van der Waals surface area contributed by atoms with Crippen LogP contribution in [-0.2, 0) is 33.3 Å². The fraction of sp³-hybridized carbons (Fsp3) is 0.381. The number of hydrogen-bond acceptors (Lipinski definition) is 6. The van der Waals surface area contributed by atoms with Gasteiger partial charge in [-0.05, 0) is 35.7 Å². The highest BCUT2D eigenvalue weighted by atomic mass is 32.2. The van der Waals surface area contributed by atoms with E-state index in [1.54, 1.807) is 24.3 Å². The Morgan fingerprint density at radius 1 is 1.10 bits per heavy atom. The second kappa shape index (κ2) is 10.4. The smallest absolute Gasteiger partial charge is 0.337 e. The van der Waals surface area contributed by atoms with E-state index in [-0.39, 0.29) is 6.54 Å². The Kier molecular flexibility index (Phi) is 7.62. The third kappa shape index (κ3) is 5.79. The predicted molar refractivity (Wildman–Crippen MR) is 112 cm³/mol. The van der Waals surface area contributed by atoms with Gasteiger partial charge in [0.15, 0.2) is 0 Å². The van der Waals surface area contributed by atoms with Crippen LogP contribution in [0.2, 0.25) is 0 Å². The van der Waals surface area contributed by atoms with Crippen molar-refractivity contribution in [1.29, 1.82) is 0 Å². The number of para-hydroxylation sites is 1. The number of thiol groups is 1. The number of methoxy groups -OCH3 is 1. The maximum absolute atomic E-state index is 11.8. The summed E-state index contributed by atoms with van der Waals surface area (Å²) >= 11 is 0. The zero-order chi connectivity index (χ0) is 20.6. The second-order valence-corrected chi connectivity index (χ2v) is 7.83. The molecule has 156 valence electrons. The first kappa shape index (κ1) is 21.3. The largest absolute Gasteiger partial charge is 0.465 e. The lowest BCUT2D eigenvalue weighted by Gasteiger charge is -2.31. The van der Waals surface area contributed by atoms with E-state index in [4.69, 9.17) is 4.74 Å². The van der Waals surface area contributed by atoms with Crippen LogP contribution < -0.4 is 4.90 Å². The predicted octanol–water partition coefficient (Wildman–Crippen LogP) is 1.88. The first-order valence-corrected chi connectivity index (χ1v) is 10.7. The van der Waals surface area contributed by atoms with Gasteiger partial charge in [0.1, 0.15) is 0 Å². The summed E-state index contributed by atoms with van der Waals surface area (Å²) in [6.07, 6.45) is 0.622. The minimum atomic E-state index is -2.72. The van der Waals surface area contributed by atoms with Gasteiger partial charge < -0.3 is 14.4 Å². The van der Waals surface area contributed by atoms with Crippen LogP contribution in [0, 0.1) is 0 Å². The van der Waals surface area contributed by atoms with E-state index < -0.39 is 16.9 Å². The SMILES string of the molecule is COC(=O)c1ccc(CN(CCc2ccccc2N2CCOCC2)[SH](=O)=O)cc1. The van der Waals surface area contributed by atoms with Crippen molar-refractivity contribution in [3.63, 3.8) is 0 Å². The normalized spacial score (nSPS) is 14.4. The van der Waals surface area contributed by atoms with Gasteiger partial charge in [0.2, 0.25) is 10.9 Å². The summed E-state index contributed by atoms with van der Waals surface area (Å²) in [5.41, 5.74) is 3.52. The highest BCUT2D eigenvalue weighted by Crippen LogP contribution is 2.22. The topological polar surface area (TPSA) is 76.2 Å². The molecule has 1 aliphatic heterocycles. The summed E-state index contributed by atoms with van der Waals surface area (Å²) in [7, 11) is -1.39. The molecule has 1 fully saturated rings. The zero-order valence-electron chi connectivity index (χ0n) is 16.5. The molecule has 0 unspecified atom stereocenters.